The van der Waals surface area contributed by atoms with Gasteiger partial charge in [-0.3, -0.25) is 14.8 Å². The van der Waals surface area contributed by atoms with Crippen molar-refractivity contribution in [2.45, 2.75) is 6.92 Å². The fraction of sp³-hybridized carbons (Fsp3) is 0.161. The molecule has 0 spiro atoms. The molecule has 210 valence electrons. The molecule has 0 unspecified atom stereocenters. The molecular formula is C31H28N8O3. The van der Waals surface area contributed by atoms with Gasteiger partial charge in [-0.25, -0.2) is 14.8 Å². The summed E-state index contributed by atoms with van der Waals surface area (Å²) in [7, 11) is 0. The second-order valence-electron chi connectivity index (χ2n) is 9.72. The molecule has 3 aromatic heterocycles. The van der Waals surface area contributed by atoms with E-state index in [1.54, 1.807) is 48.8 Å². The van der Waals surface area contributed by atoms with Crippen LogP contribution in [0.15, 0.2) is 85.3 Å². The second kappa shape index (κ2) is 12.0. The average molecular weight is 561 g/mol. The zero-order valence-electron chi connectivity index (χ0n) is 22.9. The minimum absolute atomic E-state index is 0.158. The highest BCUT2D eigenvalue weighted by atomic mass is 16.5. The first-order chi connectivity index (χ1) is 20.5. The Morgan fingerprint density at radius 2 is 1.45 bits per heavy atom. The number of urea groups is 1. The Morgan fingerprint density at radius 1 is 0.786 bits per heavy atom. The number of ether oxygens (including phenoxy) is 1. The van der Waals surface area contributed by atoms with E-state index in [0.717, 1.165) is 33.5 Å². The lowest BCUT2D eigenvalue weighted by atomic mass is 10.1. The number of nitrogens with one attached hydrogen (secondary N) is 3. The number of carbonyl (C=O) groups is 2. The molecule has 0 atom stereocenters. The van der Waals surface area contributed by atoms with E-state index < -0.39 is 0 Å². The molecular weight excluding hydrogens is 532 g/mol. The summed E-state index contributed by atoms with van der Waals surface area (Å²) >= 11 is 0. The van der Waals surface area contributed by atoms with Gasteiger partial charge in [0.2, 0.25) is 5.91 Å². The standard InChI is InChI=1S/C31H28N8O3/c1-20(40)34-24-8-10-26(11-9-24)36-31(41)35-25-6-4-21(5-7-25)29-37-27-17-23(22-3-2-12-32-18-22)19-33-28(27)30(38-29)39-13-15-42-16-14-39/h2-12,17-19H,13-16H2,1H3,(H,34,40)(H2,35,36,41). The van der Waals surface area contributed by atoms with Crippen molar-refractivity contribution in [1.82, 2.24) is 19.9 Å². The van der Waals surface area contributed by atoms with Crippen molar-refractivity contribution in [1.29, 1.82) is 0 Å². The summed E-state index contributed by atoms with van der Waals surface area (Å²) in [6, 6.07) is 19.7. The maximum Gasteiger partial charge on any atom is 0.323 e. The number of nitrogens with zero attached hydrogens (tertiary/aromatic N) is 5. The summed E-state index contributed by atoms with van der Waals surface area (Å²) in [6.45, 7) is 4.11. The topological polar surface area (TPSA) is 134 Å². The van der Waals surface area contributed by atoms with Crippen LogP contribution in [0.2, 0.25) is 0 Å². The molecule has 5 aromatic rings. The normalized spacial score (nSPS) is 13.0. The predicted octanol–water partition coefficient (Wildman–Crippen LogP) is 5.19. The third-order valence-corrected chi connectivity index (χ3v) is 6.69. The number of benzene rings is 2. The predicted molar refractivity (Wildman–Crippen MR) is 162 cm³/mol. The summed E-state index contributed by atoms with van der Waals surface area (Å²) in [5.41, 5.74) is 6.00. The zero-order chi connectivity index (χ0) is 28.9. The largest absolute Gasteiger partial charge is 0.378 e. The molecule has 42 heavy (non-hydrogen) atoms. The van der Waals surface area contributed by atoms with E-state index >= 15 is 0 Å². The first kappa shape index (κ1) is 26.8. The molecule has 0 bridgehead atoms. The molecule has 2 aromatic carbocycles. The highest BCUT2D eigenvalue weighted by molar-refractivity contribution is 6.00. The van der Waals surface area contributed by atoms with Crippen LogP contribution in [0.5, 0.6) is 0 Å². The molecule has 11 nitrogen and oxygen atoms in total. The fourth-order valence-electron chi connectivity index (χ4n) is 4.66. The quantitative estimate of drug-likeness (QED) is 0.258. The van der Waals surface area contributed by atoms with Crippen LogP contribution in [-0.4, -0.2) is 58.2 Å². The Labute approximate surface area is 242 Å². The van der Waals surface area contributed by atoms with E-state index in [1.807, 2.05) is 36.5 Å². The molecule has 3 N–H and O–H groups in total. The van der Waals surface area contributed by atoms with Crippen molar-refractivity contribution in [3.63, 3.8) is 0 Å². The van der Waals surface area contributed by atoms with Crippen LogP contribution in [-0.2, 0) is 9.53 Å². The molecule has 11 heteroatoms. The molecule has 1 saturated heterocycles. The first-order valence-corrected chi connectivity index (χ1v) is 13.5. The molecule has 0 aliphatic carbocycles. The van der Waals surface area contributed by atoms with Crippen molar-refractivity contribution >= 4 is 45.9 Å². The Kier molecular flexibility index (Phi) is 7.64. The molecule has 4 heterocycles. The number of carbonyl (C=O) groups excluding carboxylic acids is 2. The van der Waals surface area contributed by atoms with Gasteiger partial charge in [0.25, 0.3) is 0 Å². The Hall–Kier alpha value is -5.42. The van der Waals surface area contributed by atoms with Crippen molar-refractivity contribution in [2.24, 2.45) is 0 Å². The molecule has 6 rings (SSSR count). The van der Waals surface area contributed by atoms with Gasteiger partial charge in [-0.05, 0) is 60.7 Å². The summed E-state index contributed by atoms with van der Waals surface area (Å²) in [4.78, 5) is 44.7. The minimum Gasteiger partial charge on any atom is -0.378 e. The van der Waals surface area contributed by atoms with E-state index in [1.165, 1.54) is 6.92 Å². The summed E-state index contributed by atoms with van der Waals surface area (Å²) < 4.78 is 5.56. The number of pyridine rings is 2. The van der Waals surface area contributed by atoms with Crippen molar-refractivity contribution in [2.75, 3.05) is 47.2 Å². The van der Waals surface area contributed by atoms with Gasteiger partial charge in [0.05, 0.1) is 18.7 Å². The van der Waals surface area contributed by atoms with E-state index in [9.17, 15) is 9.59 Å². The van der Waals surface area contributed by atoms with E-state index in [2.05, 4.69) is 25.8 Å². The second-order valence-corrected chi connectivity index (χ2v) is 9.72. The van der Waals surface area contributed by atoms with Gasteiger partial charge in [-0.2, -0.15) is 0 Å². The van der Waals surface area contributed by atoms with E-state index in [-0.39, 0.29) is 11.9 Å². The van der Waals surface area contributed by atoms with Gasteiger partial charge in [0.15, 0.2) is 11.6 Å². The lowest BCUT2D eigenvalue weighted by molar-refractivity contribution is -0.114. The van der Waals surface area contributed by atoms with Crippen LogP contribution in [0.1, 0.15) is 6.92 Å². The van der Waals surface area contributed by atoms with Gasteiger partial charge in [0.1, 0.15) is 5.52 Å². The van der Waals surface area contributed by atoms with Crippen LogP contribution in [0.3, 0.4) is 0 Å². The van der Waals surface area contributed by atoms with Crippen molar-refractivity contribution in [3.05, 3.63) is 85.3 Å². The highest BCUT2D eigenvalue weighted by Gasteiger charge is 2.20. The molecule has 0 saturated carbocycles. The first-order valence-electron chi connectivity index (χ1n) is 13.5. The Bertz CT molecular complexity index is 1720. The maximum atomic E-state index is 12.6. The number of rotatable bonds is 6. The van der Waals surface area contributed by atoms with Crippen molar-refractivity contribution in [3.8, 4) is 22.5 Å². The number of fused-ring (bicyclic) bond motifs is 1. The SMILES string of the molecule is CC(=O)Nc1ccc(NC(=O)Nc2ccc(-c3nc(N4CCOCC4)c4ncc(-c5cccnc5)cc4n3)cc2)cc1. The van der Waals surface area contributed by atoms with Gasteiger partial charge in [-0.15, -0.1) is 0 Å². The van der Waals surface area contributed by atoms with E-state index in [0.29, 0.717) is 49.2 Å². The summed E-state index contributed by atoms with van der Waals surface area (Å²) in [6.07, 6.45) is 5.37. The molecule has 0 radical (unpaired) electrons. The molecule has 1 aliphatic rings. The number of aromatic nitrogens is 4. The van der Waals surface area contributed by atoms with Gasteiger partial charge in [-0.1, -0.05) is 6.07 Å². The van der Waals surface area contributed by atoms with Gasteiger partial charge < -0.3 is 25.6 Å². The number of hydrogen-bond acceptors (Lipinski definition) is 8. The number of morpholine rings is 1. The third-order valence-electron chi connectivity index (χ3n) is 6.69. The highest BCUT2D eigenvalue weighted by Crippen LogP contribution is 2.30. The van der Waals surface area contributed by atoms with Crippen molar-refractivity contribution < 1.29 is 14.3 Å². The smallest absolute Gasteiger partial charge is 0.323 e. The fourth-order valence-corrected chi connectivity index (χ4v) is 4.66. The number of hydrogen-bond donors (Lipinski definition) is 3. The van der Waals surface area contributed by atoms with Gasteiger partial charge >= 0.3 is 6.03 Å². The Morgan fingerprint density at radius 3 is 2.10 bits per heavy atom. The van der Waals surface area contributed by atoms with E-state index in [4.69, 9.17) is 19.7 Å². The van der Waals surface area contributed by atoms with Crippen LogP contribution in [0.4, 0.5) is 27.7 Å². The summed E-state index contributed by atoms with van der Waals surface area (Å²) in [5.74, 6) is 1.17. The molecule has 1 aliphatic heterocycles. The average Bonchev–Trinajstić information content (AvgIpc) is 3.02. The molecule has 1 fully saturated rings. The lowest BCUT2D eigenvalue weighted by Crippen LogP contribution is -2.37. The molecule has 3 amide bonds. The zero-order valence-corrected chi connectivity index (χ0v) is 22.9. The lowest BCUT2D eigenvalue weighted by Gasteiger charge is -2.28. The summed E-state index contributed by atoms with van der Waals surface area (Å²) in [5, 5.41) is 8.32. The minimum atomic E-state index is -0.388. The third kappa shape index (κ3) is 6.16. The number of amides is 3. The number of anilines is 4. The monoisotopic (exact) mass is 560 g/mol. The van der Waals surface area contributed by atoms with Gasteiger partial charge in [0, 0.05) is 72.4 Å². The van der Waals surface area contributed by atoms with Crippen LogP contribution in [0, 0.1) is 0 Å². The maximum absolute atomic E-state index is 12.6. The van der Waals surface area contributed by atoms with Crippen LogP contribution >= 0.6 is 0 Å². The van der Waals surface area contributed by atoms with Crippen LogP contribution in [0.25, 0.3) is 33.5 Å². The Balaban J connectivity index is 1.24. The van der Waals surface area contributed by atoms with Crippen LogP contribution < -0.4 is 20.9 Å².